The van der Waals surface area contributed by atoms with Gasteiger partial charge in [-0.15, -0.1) is 0 Å². The molecule has 2 nitrogen and oxygen atoms in total. The third kappa shape index (κ3) is 1.29. The van der Waals surface area contributed by atoms with Crippen LogP contribution in [0, 0.1) is 5.82 Å². The summed E-state index contributed by atoms with van der Waals surface area (Å²) in [5, 5.41) is 0. The van der Waals surface area contributed by atoms with Crippen LogP contribution in [0.4, 0.5) is 10.2 Å². The fraction of sp³-hybridized carbons (Fsp3) is 0. The zero-order chi connectivity index (χ0) is 7.72. The van der Waals surface area contributed by atoms with Crippen molar-refractivity contribution in [2.24, 2.45) is 0 Å². The summed E-state index contributed by atoms with van der Waals surface area (Å²) in [7, 11) is 0. The number of nitrogens with two attached hydrogens (primary N) is 1. The Hall–Kier alpha value is -0.160. The van der Waals surface area contributed by atoms with Crippen molar-refractivity contribution in [1.29, 1.82) is 0 Å². The van der Waals surface area contributed by atoms with Crippen molar-refractivity contribution in [3.05, 3.63) is 21.0 Å². The van der Waals surface area contributed by atoms with Gasteiger partial charge in [0.2, 0.25) is 0 Å². The molecule has 0 unspecified atom stereocenters. The third-order valence-electron chi connectivity index (χ3n) is 0.944. The van der Waals surface area contributed by atoms with Crippen LogP contribution in [0.5, 0.6) is 0 Å². The van der Waals surface area contributed by atoms with Crippen molar-refractivity contribution in [3.63, 3.8) is 0 Å². The SMILES string of the molecule is Nc1ncc(F)c(Br)c1Br. The second-order valence-corrected chi connectivity index (χ2v) is 3.21. The van der Waals surface area contributed by atoms with Crippen LogP contribution < -0.4 is 5.73 Å². The van der Waals surface area contributed by atoms with Crippen molar-refractivity contribution < 1.29 is 4.39 Å². The molecule has 0 spiro atoms. The van der Waals surface area contributed by atoms with Gasteiger partial charge in [-0.25, -0.2) is 9.37 Å². The second-order valence-electron chi connectivity index (χ2n) is 1.62. The maximum atomic E-state index is 12.6. The summed E-state index contributed by atoms with van der Waals surface area (Å²) in [6, 6.07) is 0. The normalized spacial score (nSPS) is 9.90. The van der Waals surface area contributed by atoms with Crippen LogP contribution in [0.3, 0.4) is 0 Å². The van der Waals surface area contributed by atoms with Gasteiger partial charge in [0.15, 0.2) is 5.82 Å². The number of halogens is 3. The Morgan fingerprint density at radius 1 is 1.40 bits per heavy atom. The largest absolute Gasteiger partial charge is 0.383 e. The Bertz CT molecular complexity index is 237. The predicted octanol–water partition coefficient (Wildman–Crippen LogP) is 2.33. The number of pyridine rings is 1. The molecular formula is C5H3Br2FN2. The summed E-state index contributed by atoms with van der Waals surface area (Å²) in [4.78, 5) is 3.56. The highest BCUT2D eigenvalue weighted by Gasteiger charge is 2.06. The maximum Gasteiger partial charge on any atom is 0.156 e. The molecule has 1 rings (SSSR count). The van der Waals surface area contributed by atoms with Crippen LogP contribution in [-0.2, 0) is 0 Å². The van der Waals surface area contributed by atoms with E-state index in [9.17, 15) is 4.39 Å². The number of anilines is 1. The van der Waals surface area contributed by atoms with Crippen molar-refractivity contribution in [1.82, 2.24) is 4.98 Å². The molecule has 5 heteroatoms. The Labute approximate surface area is 73.9 Å². The van der Waals surface area contributed by atoms with E-state index in [1.165, 1.54) is 0 Å². The van der Waals surface area contributed by atoms with Gasteiger partial charge in [0.05, 0.1) is 15.1 Å². The van der Waals surface area contributed by atoms with Gasteiger partial charge in [-0.2, -0.15) is 0 Å². The van der Waals surface area contributed by atoms with Gasteiger partial charge in [0.25, 0.3) is 0 Å². The lowest BCUT2D eigenvalue weighted by Crippen LogP contribution is -1.93. The molecule has 0 aliphatic carbocycles. The molecule has 0 bridgehead atoms. The molecule has 1 heterocycles. The second kappa shape index (κ2) is 2.84. The minimum atomic E-state index is -0.430. The number of nitrogen functional groups attached to an aromatic ring is 1. The van der Waals surface area contributed by atoms with Gasteiger partial charge in [0, 0.05) is 0 Å². The van der Waals surface area contributed by atoms with Gasteiger partial charge >= 0.3 is 0 Å². The number of hydrogen-bond acceptors (Lipinski definition) is 2. The molecule has 1 aromatic heterocycles. The van der Waals surface area contributed by atoms with Crippen molar-refractivity contribution >= 4 is 37.7 Å². The van der Waals surface area contributed by atoms with Gasteiger partial charge < -0.3 is 5.73 Å². The molecule has 1 aromatic rings. The molecule has 0 aromatic carbocycles. The fourth-order valence-corrected chi connectivity index (χ4v) is 1.05. The lowest BCUT2D eigenvalue weighted by molar-refractivity contribution is 0.614. The third-order valence-corrected chi connectivity index (χ3v) is 3.05. The van der Waals surface area contributed by atoms with Gasteiger partial charge in [-0.05, 0) is 31.9 Å². The van der Waals surface area contributed by atoms with E-state index in [0.29, 0.717) is 8.95 Å². The summed E-state index contributed by atoms with van der Waals surface area (Å²) in [5.74, 6) is -0.158. The first kappa shape index (κ1) is 7.94. The van der Waals surface area contributed by atoms with E-state index >= 15 is 0 Å². The van der Waals surface area contributed by atoms with E-state index in [1.807, 2.05) is 0 Å². The van der Waals surface area contributed by atoms with Crippen LogP contribution >= 0.6 is 31.9 Å². The minimum Gasteiger partial charge on any atom is -0.383 e. The fourth-order valence-electron chi connectivity index (χ4n) is 0.457. The number of hydrogen-bond donors (Lipinski definition) is 1. The van der Waals surface area contributed by atoms with Crippen LogP contribution in [0.2, 0.25) is 0 Å². The van der Waals surface area contributed by atoms with Gasteiger partial charge in [-0.1, -0.05) is 0 Å². The highest BCUT2D eigenvalue weighted by atomic mass is 79.9. The zero-order valence-corrected chi connectivity index (χ0v) is 7.91. The number of rotatable bonds is 0. The molecule has 0 fully saturated rings. The van der Waals surface area contributed by atoms with E-state index in [-0.39, 0.29) is 5.82 Å². The Kier molecular flexibility index (Phi) is 2.25. The van der Waals surface area contributed by atoms with Crippen LogP contribution in [0.15, 0.2) is 15.1 Å². The first-order valence-corrected chi connectivity index (χ1v) is 3.96. The Morgan fingerprint density at radius 3 is 2.50 bits per heavy atom. The quantitative estimate of drug-likeness (QED) is 0.785. The zero-order valence-electron chi connectivity index (χ0n) is 4.74. The Balaban J connectivity index is 3.34. The van der Waals surface area contributed by atoms with E-state index in [1.54, 1.807) is 0 Å². The number of nitrogens with zero attached hydrogens (tertiary/aromatic N) is 1. The van der Waals surface area contributed by atoms with E-state index in [2.05, 4.69) is 36.8 Å². The van der Waals surface area contributed by atoms with Crippen molar-refractivity contribution in [2.45, 2.75) is 0 Å². The Morgan fingerprint density at radius 2 is 2.00 bits per heavy atom. The molecular weight excluding hydrogens is 267 g/mol. The van der Waals surface area contributed by atoms with E-state index in [0.717, 1.165) is 6.20 Å². The first-order valence-electron chi connectivity index (χ1n) is 2.38. The van der Waals surface area contributed by atoms with Crippen molar-refractivity contribution in [3.8, 4) is 0 Å². The first-order chi connectivity index (χ1) is 4.63. The molecule has 54 valence electrons. The summed E-state index contributed by atoms with van der Waals surface area (Å²) < 4.78 is 13.3. The standard InChI is InChI=1S/C5H3Br2FN2/c6-3-2(8)1-10-5(9)4(3)7/h1H,(H2,9,10). The highest BCUT2D eigenvalue weighted by Crippen LogP contribution is 2.28. The highest BCUT2D eigenvalue weighted by molar-refractivity contribution is 9.13. The van der Waals surface area contributed by atoms with Crippen molar-refractivity contribution in [2.75, 3.05) is 5.73 Å². The summed E-state index contributed by atoms with van der Waals surface area (Å²) in [6.07, 6.45) is 1.06. The predicted molar refractivity (Wildman–Crippen MR) is 44.0 cm³/mol. The summed E-state index contributed by atoms with van der Waals surface area (Å²) in [5.41, 5.74) is 5.33. The molecule has 2 N–H and O–H groups in total. The molecule has 0 aliphatic heterocycles. The molecule has 0 saturated carbocycles. The minimum absolute atomic E-state index is 0.272. The summed E-state index contributed by atoms with van der Waals surface area (Å²) in [6.45, 7) is 0. The average Bonchev–Trinajstić information content (AvgIpc) is 1.93. The number of aromatic nitrogens is 1. The smallest absolute Gasteiger partial charge is 0.156 e. The molecule has 10 heavy (non-hydrogen) atoms. The lowest BCUT2D eigenvalue weighted by Gasteiger charge is -1.98. The van der Waals surface area contributed by atoms with Crippen LogP contribution in [0.25, 0.3) is 0 Å². The molecule has 0 amide bonds. The maximum absolute atomic E-state index is 12.6. The van der Waals surface area contributed by atoms with Gasteiger partial charge in [-0.3, -0.25) is 0 Å². The lowest BCUT2D eigenvalue weighted by atomic mass is 10.4. The molecule has 0 atom stereocenters. The summed E-state index contributed by atoms with van der Waals surface area (Å²) >= 11 is 6.04. The average molecular weight is 270 g/mol. The molecule has 0 aliphatic rings. The van der Waals surface area contributed by atoms with Crippen LogP contribution in [-0.4, -0.2) is 4.98 Å². The van der Waals surface area contributed by atoms with E-state index < -0.39 is 5.82 Å². The topological polar surface area (TPSA) is 38.9 Å². The van der Waals surface area contributed by atoms with Crippen LogP contribution in [0.1, 0.15) is 0 Å². The molecule has 0 radical (unpaired) electrons. The molecule has 0 saturated heterocycles. The van der Waals surface area contributed by atoms with E-state index in [4.69, 9.17) is 5.73 Å². The monoisotopic (exact) mass is 268 g/mol. The van der Waals surface area contributed by atoms with Gasteiger partial charge in [0.1, 0.15) is 5.82 Å².